The highest BCUT2D eigenvalue weighted by atomic mass is 16.5. The minimum Gasteiger partial charge on any atom is -0.492 e. The van der Waals surface area contributed by atoms with Crippen molar-refractivity contribution in [1.29, 1.82) is 0 Å². The molecule has 1 aromatic heterocycles. The maximum atomic E-state index is 10.3. The Labute approximate surface area is 105 Å². The van der Waals surface area contributed by atoms with Gasteiger partial charge in [0.25, 0.3) is 0 Å². The average Bonchev–Trinajstić information content (AvgIpc) is 2.35. The summed E-state index contributed by atoms with van der Waals surface area (Å²) in [7, 11) is 0. The molecule has 0 bridgehead atoms. The fraction of sp³-hybridized carbons (Fsp3) is 0.538. The molecular formula is C13H17NO4. The van der Waals surface area contributed by atoms with Crippen LogP contribution in [0.25, 0.3) is 0 Å². The quantitative estimate of drug-likeness (QED) is 0.778. The summed E-state index contributed by atoms with van der Waals surface area (Å²) in [5.74, 6) is -0.168. The van der Waals surface area contributed by atoms with E-state index in [1.807, 2.05) is 6.07 Å². The SMILES string of the molecule is O=C(O)CCCOc1cnc2c(c1)CCCC2O. The lowest BCUT2D eigenvalue weighted by Gasteiger charge is -2.20. The zero-order valence-electron chi connectivity index (χ0n) is 10.1. The third-order valence-electron chi connectivity index (χ3n) is 3.02. The lowest BCUT2D eigenvalue weighted by Crippen LogP contribution is -2.12. The smallest absolute Gasteiger partial charge is 0.303 e. The van der Waals surface area contributed by atoms with Crippen LogP contribution in [0.2, 0.25) is 0 Å². The van der Waals surface area contributed by atoms with E-state index in [1.165, 1.54) is 0 Å². The van der Waals surface area contributed by atoms with E-state index in [0.29, 0.717) is 18.8 Å². The molecule has 1 aliphatic carbocycles. The number of carboxylic acid groups (broad SMARTS) is 1. The van der Waals surface area contributed by atoms with Crippen molar-refractivity contribution in [2.75, 3.05) is 6.61 Å². The van der Waals surface area contributed by atoms with Crippen molar-refractivity contribution in [3.63, 3.8) is 0 Å². The molecule has 5 heteroatoms. The van der Waals surface area contributed by atoms with Crippen LogP contribution in [0.1, 0.15) is 43.0 Å². The second kappa shape index (κ2) is 5.82. The summed E-state index contributed by atoms with van der Waals surface area (Å²) in [6.07, 6.45) is 4.35. The van der Waals surface area contributed by atoms with Crippen molar-refractivity contribution < 1.29 is 19.7 Å². The number of carbonyl (C=O) groups is 1. The first-order valence-electron chi connectivity index (χ1n) is 6.18. The van der Waals surface area contributed by atoms with Gasteiger partial charge in [0, 0.05) is 6.42 Å². The maximum Gasteiger partial charge on any atom is 0.303 e. The Morgan fingerprint density at radius 3 is 3.17 bits per heavy atom. The second-order valence-corrected chi connectivity index (χ2v) is 4.47. The molecule has 0 fully saturated rings. The van der Waals surface area contributed by atoms with Crippen molar-refractivity contribution in [3.05, 3.63) is 23.5 Å². The molecule has 18 heavy (non-hydrogen) atoms. The molecule has 0 saturated heterocycles. The van der Waals surface area contributed by atoms with Gasteiger partial charge >= 0.3 is 5.97 Å². The molecule has 0 saturated carbocycles. The number of hydrogen-bond acceptors (Lipinski definition) is 4. The van der Waals surface area contributed by atoms with E-state index in [2.05, 4.69) is 4.98 Å². The number of pyridine rings is 1. The van der Waals surface area contributed by atoms with E-state index in [4.69, 9.17) is 9.84 Å². The predicted molar refractivity (Wildman–Crippen MR) is 64.5 cm³/mol. The molecule has 2 N–H and O–H groups in total. The van der Waals surface area contributed by atoms with Crippen LogP contribution in [0.5, 0.6) is 5.75 Å². The van der Waals surface area contributed by atoms with Gasteiger partial charge < -0.3 is 14.9 Å². The van der Waals surface area contributed by atoms with Crippen molar-refractivity contribution >= 4 is 5.97 Å². The zero-order chi connectivity index (χ0) is 13.0. The Morgan fingerprint density at radius 1 is 1.56 bits per heavy atom. The number of aromatic nitrogens is 1. The molecule has 1 heterocycles. The highest BCUT2D eigenvalue weighted by molar-refractivity contribution is 5.66. The third-order valence-corrected chi connectivity index (χ3v) is 3.02. The standard InChI is InChI=1S/C13H17NO4/c15-11-4-1-3-9-7-10(8-14-13(9)11)18-6-2-5-12(16)17/h7-8,11,15H,1-6H2,(H,16,17). The number of hydrogen-bond donors (Lipinski definition) is 2. The molecule has 0 amide bonds. The van der Waals surface area contributed by atoms with Crippen LogP contribution < -0.4 is 4.74 Å². The largest absolute Gasteiger partial charge is 0.492 e. The summed E-state index contributed by atoms with van der Waals surface area (Å²) in [6.45, 7) is 0.370. The van der Waals surface area contributed by atoms with Crippen LogP contribution in [0, 0.1) is 0 Å². The zero-order valence-corrected chi connectivity index (χ0v) is 10.1. The Hall–Kier alpha value is -1.62. The molecule has 0 aliphatic heterocycles. The molecule has 98 valence electrons. The van der Waals surface area contributed by atoms with Crippen LogP contribution in [-0.4, -0.2) is 27.8 Å². The lowest BCUT2D eigenvalue weighted by atomic mass is 9.94. The van der Waals surface area contributed by atoms with Crippen molar-refractivity contribution in [3.8, 4) is 5.75 Å². The minimum atomic E-state index is -0.815. The number of aliphatic carboxylic acids is 1. The van der Waals surface area contributed by atoms with Crippen LogP contribution in [0.15, 0.2) is 12.3 Å². The fourth-order valence-corrected chi connectivity index (χ4v) is 2.11. The summed E-state index contributed by atoms with van der Waals surface area (Å²) in [6, 6.07) is 1.89. The first-order chi connectivity index (χ1) is 8.66. The van der Waals surface area contributed by atoms with Crippen molar-refractivity contribution in [2.24, 2.45) is 0 Å². The molecular weight excluding hydrogens is 234 g/mol. The normalized spacial score (nSPS) is 18.2. The molecule has 2 rings (SSSR count). The van der Waals surface area contributed by atoms with Crippen molar-refractivity contribution in [1.82, 2.24) is 4.98 Å². The third kappa shape index (κ3) is 3.20. The van der Waals surface area contributed by atoms with E-state index in [0.717, 1.165) is 30.5 Å². The molecule has 1 unspecified atom stereocenters. The number of fused-ring (bicyclic) bond motifs is 1. The first-order valence-corrected chi connectivity index (χ1v) is 6.18. The van der Waals surface area contributed by atoms with Gasteiger partial charge in [0.2, 0.25) is 0 Å². The molecule has 0 spiro atoms. The Balaban J connectivity index is 1.92. The van der Waals surface area contributed by atoms with Gasteiger partial charge in [0.1, 0.15) is 5.75 Å². The molecule has 0 radical (unpaired) electrons. The number of nitrogens with zero attached hydrogens (tertiary/aromatic N) is 1. The highest BCUT2D eigenvalue weighted by Gasteiger charge is 2.19. The molecule has 1 aliphatic rings. The van der Waals surface area contributed by atoms with Crippen molar-refractivity contribution in [2.45, 2.75) is 38.2 Å². The highest BCUT2D eigenvalue weighted by Crippen LogP contribution is 2.29. The first kappa shape index (κ1) is 12.8. The van der Waals surface area contributed by atoms with Crippen LogP contribution in [0.4, 0.5) is 0 Å². The van der Waals surface area contributed by atoms with E-state index < -0.39 is 12.1 Å². The minimum absolute atomic E-state index is 0.108. The van der Waals surface area contributed by atoms with Gasteiger partial charge in [0.05, 0.1) is 24.6 Å². The van der Waals surface area contributed by atoms with Gasteiger partial charge in [-0.3, -0.25) is 9.78 Å². The Morgan fingerprint density at radius 2 is 2.39 bits per heavy atom. The van der Waals surface area contributed by atoms with Gasteiger partial charge in [0.15, 0.2) is 0 Å². The van der Waals surface area contributed by atoms with Gasteiger partial charge in [-0.25, -0.2) is 0 Å². The summed E-state index contributed by atoms with van der Waals surface area (Å²) in [4.78, 5) is 14.6. The summed E-state index contributed by atoms with van der Waals surface area (Å²) >= 11 is 0. The number of ether oxygens (including phenoxy) is 1. The number of aryl methyl sites for hydroxylation is 1. The van der Waals surface area contributed by atoms with Crippen LogP contribution in [0.3, 0.4) is 0 Å². The number of rotatable bonds is 5. The van der Waals surface area contributed by atoms with Gasteiger partial charge in [-0.1, -0.05) is 0 Å². The fourth-order valence-electron chi connectivity index (χ4n) is 2.11. The Kier molecular flexibility index (Phi) is 4.15. The molecule has 1 atom stereocenters. The summed E-state index contributed by atoms with van der Waals surface area (Å²) in [5, 5.41) is 18.3. The topological polar surface area (TPSA) is 79.7 Å². The van der Waals surface area contributed by atoms with E-state index in [1.54, 1.807) is 6.20 Å². The van der Waals surface area contributed by atoms with Crippen LogP contribution >= 0.6 is 0 Å². The van der Waals surface area contributed by atoms with E-state index >= 15 is 0 Å². The molecule has 5 nitrogen and oxygen atoms in total. The Bertz CT molecular complexity index is 433. The maximum absolute atomic E-state index is 10.3. The van der Waals surface area contributed by atoms with Gasteiger partial charge in [-0.05, 0) is 37.3 Å². The number of carboxylic acids is 1. The summed E-state index contributed by atoms with van der Waals surface area (Å²) < 4.78 is 5.45. The second-order valence-electron chi connectivity index (χ2n) is 4.47. The molecule has 1 aromatic rings. The van der Waals surface area contributed by atoms with Gasteiger partial charge in [-0.15, -0.1) is 0 Å². The van der Waals surface area contributed by atoms with E-state index in [-0.39, 0.29) is 6.42 Å². The molecule has 0 aromatic carbocycles. The van der Waals surface area contributed by atoms with Crippen LogP contribution in [-0.2, 0) is 11.2 Å². The summed E-state index contributed by atoms with van der Waals surface area (Å²) in [5.41, 5.74) is 1.78. The monoisotopic (exact) mass is 251 g/mol. The lowest BCUT2D eigenvalue weighted by molar-refractivity contribution is -0.137. The van der Waals surface area contributed by atoms with Gasteiger partial charge in [-0.2, -0.15) is 0 Å². The van der Waals surface area contributed by atoms with E-state index in [9.17, 15) is 9.90 Å². The number of aliphatic hydroxyl groups is 1. The number of aliphatic hydroxyl groups excluding tert-OH is 1. The average molecular weight is 251 g/mol. The predicted octanol–water partition coefficient (Wildman–Crippen LogP) is 1.69.